The first kappa shape index (κ1) is 9.57. The van der Waals surface area contributed by atoms with Crippen molar-refractivity contribution in [3.63, 3.8) is 0 Å². The predicted molar refractivity (Wildman–Crippen MR) is 49.7 cm³/mol. The lowest BCUT2D eigenvalue weighted by Crippen LogP contribution is -2.02. The van der Waals surface area contributed by atoms with Crippen molar-refractivity contribution in [2.24, 2.45) is 5.73 Å². The number of aromatic amines is 1. The Bertz CT molecular complexity index is 226. The number of hydrogen-bond acceptors (Lipinski definition) is 4. The summed E-state index contributed by atoms with van der Waals surface area (Å²) in [5.41, 5.74) is 7.07. The first-order chi connectivity index (χ1) is 5.88. The molecular formula is C7H13N3OS. The molecule has 0 atom stereocenters. The van der Waals surface area contributed by atoms with Crippen LogP contribution in [0.2, 0.25) is 0 Å². The van der Waals surface area contributed by atoms with Crippen molar-refractivity contribution >= 4 is 11.8 Å². The number of aliphatic hydroxyl groups is 1. The highest BCUT2D eigenvalue weighted by Crippen LogP contribution is 2.12. The van der Waals surface area contributed by atoms with E-state index in [4.69, 9.17) is 10.8 Å². The average molecular weight is 187 g/mol. The summed E-state index contributed by atoms with van der Waals surface area (Å²) in [6.07, 6.45) is 1.60. The molecule has 1 rings (SSSR count). The van der Waals surface area contributed by atoms with Crippen molar-refractivity contribution in [2.45, 2.75) is 12.4 Å². The van der Waals surface area contributed by atoms with Crippen LogP contribution in [0.15, 0.2) is 6.33 Å². The molecule has 1 heterocycles. The van der Waals surface area contributed by atoms with Gasteiger partial charge in [-0.1, -0.05) is 0 Å². The second-order valence-electron chi connectivity index (χ2n) is 2.33. The van der Waals surface area contributed by atoms with Crippen LogP contribution in [0.3, 0.4) is 0 Å². The molecule has 0 fully saturated rings. The van der Waals surface area contributed by atoms with Crippen LogP contribution in [0.25, 0.3) is 0 Å². The molecule has 0 radical (unpaired) electrons. The minimum atomic E-state index is 0.00200. The molecule has 0 saturated carbocycles. The summed E-state index contributed by atoms with van der Waals surface area (Å²) in [4.78, 5) is 6.95. The van der Waals surface area contributed by atoms with Gasteiger partial charge in [0.1, 0.15) is 0 Å². The number of nitrogens with zero attached hydrogens (tertiary/aromatic N) is 1. The molecule has 68 valence electrons. The van der Waals surface area contributed by atoms with Crippen LogP contribution in [0.5, 0.6) is 0 Å². The van der Waals surface area contributed by atoms with Crippen LogP contribution in [0, 0.1) is 0 Å². The van der Waals surface area contributed by atoms with Gasteiger partial charge in [-0.2, -0.15) is 11.8 Å². The lowest BCUT2D eigenvalue weighted by atomic mass is 10.4. The summed E-state index contributed by atoms with van der Waals surface area (Å²) < 4.78 is 0. The Balaban J connectivity index is 2.39. The van der Waals surface area contributed by atoms with Gasteiger partial charge in [0.25, 0.3) is 0 Å². The third-order valence-electron chi connectivity index (χ3n) is 1.47. The molecule has 1 aromatic heterocycles. The van der Waals surface area contributed by atoms with E-state index in [0.717, 1.165) is 22.9 Å². The summed E-state index contributed by atoms with van der Waals surface area (Å²) in [6, 6.07) is 0. The molecule has 1 aromatic rings. The summed E-state index contributed by atoms with van der Waals surface area (Å²) in [5.74, 6) is 1.77. The van der Waals surface area contributed by atoms with E-state index < -0.39 is 0 Å². The zero-order chi connectivity index (χ0) is 8.81. The van der Waals surface area contributed by atoms with Gasteiger partial charge in [-0.05, 0) is 0 Å². The lowest BCUT2D eigenvalue weighted by molar-refractivity contribution is 0.276. The first-order valence-electron chi connectivity index (χ1n) is 3.78. The molecule has 0 aliphatic rings. The molecule has 0 unspecified atom stereocenters. The van der Waals surface area contributed by atoms with Gasteiger partial charge >= 0.3 is 0 Å². The Hall–Kier alpha value is -0.520. The Kier molecular flexibility index (Phi) is 4.13. The van der Waals surface area contributed by atoms with Crippen LogP contribution in [0.4, 0.5) is 0 Å². The fourth-order valence-corrected chi connectivity index (χ4v) is 1.63. The Labute approximate surface area is 75.6 Å². The normalized spacial score (nSPS) is 10.5. The molecule has 0 aliphatic heterocycles. The number of aliphatic hydroxyl groups excluding tert-OH is 1. The Morgan fingerprint density at radius 2 is 2.50 bits per heavy atom. The maximum absolute atomic E-state index is 8.85. The number of hydrogen-bond donors (Lipinski definition) is 3. The van der Waals surface area contributed by atoms with Crippen LogP contribution >= 0.6 is 11.8 Å². The highest BCUT2D eigenvalue weighted by Gasteiger charge is 2.02. The lowest BCUT2D eigenvalue weighted by Gasteiger charge is -1.98. The number of aromatic nitrogens is 2. The molecule has 0 bridgehead atoms. The molecular weight excluding hydrogens is 174 g/mol. The number of H-pyrrole nitrogens is 1. The average Bonchev–Trinajstić information content (AvgIpc) is 2.52. The second-order valence-corrected chi connectivity index (χ2v) is 3.43. The minimum Gasteiger partial charge on any atom is -0.390 e. The number of imidazole rings is 1. The van der Waals surface area contributed by atoms with Crippen LogP contribution in [-0.2, 0) is 12.4 Å². The highest BCUT2D eigenvalue weighted by atomic mass is 32.2. The van der Waals surface area contributed by atoms with Crippen molar-refractivity contribution in [1.29, 1.82) is 0 Å². The summed E-state index contributed by atoms with van der Waals surface area (Å²) in [7, 11) is 0. The van der Waals surface area contributed by atoms with Crippen molar-refractivity contribution < 1.29 is 5.11 Å². The maximum atomic E-state index is 8.85. The Morgan fingerprint density at radius 3 is 3.17 bits per heavy atom. The summed E-state index contributed by atoms with van der Waals surface area (Å²) in [6.45, 7) is 0.690. The molecule has 4 nitrogen and oxygen atoms in total. The first-order valence-corrected chi connectivity index (χ1v) is 4.93. The van der Waals surface area contributed by atoms with E-state index in [9.17, 15) is 0 Å². The van der Waals surface area contributed by atoms with Gasteiger partial charge in [0.2, 0.25) is 0 Å². The van der Waals surface area contributed by atoms with Crippen LogP contribution < -0.4 is 5.73 Å². The van der Waals surface area contributed by atoms with Gasteiger partial charge in [-0.25, -0.2) is 4.98 Å². The largest absolute Gasteiger partial charge is 0.390 e. The van der Waals surface area contributed by atoms with Gasteiger partial charge in [0.05, 0.1) is 24.3 Å². The zero-order valence-corrected chi connectivity index (χ0v) is 7.60. The molecule has 0 spiro atoms. The minimum absolute atomic E-state index is 0.00200. The van der Waals surface area contributed by atoms with Gasteiger partial charge in [-0.3, -0.25) is 0 Å². The summed E-state index contributed by atoms with van der Waals surface area (Å²) in [5, 5.41) is 8.85. The molecule has 5 heteroatoms. The van der Waals surface area contributed by atoms with E-state index in [1.165, 1.54) is 0 Å². The zero-order valence-electron chi connectivity index (χ0n) is 6.79. The molecule has 0 amide bonds. The van der Waals surface area contributed by atoms with E-state index in [1.807, 2.05) is 0 Å². The molecule has 0 aliphatic carbocycles. The summed E-state index contributed by atoms with van der Waals surface area (Å²) >= 11 is 1.73. The highest BCUT2D eigenvalue weighted by molar-refractivity contribution is 7.98. The smallest absolute Gasteiger partial charge is 0.0926 e. The topological polar surface area (TPSA) is 74.9 Å². The third kappa shape index (κ3) is 2.51. The number of thioether (sulfide) groups is 1. The standard InChI is InChI=1S/C7H13N3OS/c8-1-2-12-4-7-6(3-11)9-5-10-7/h5,11H,1-4,8H2,(H,9,10). The van der Waals surface area contributed by atoms with Crippen molar-refractivity contribution in [3.8, 4) is 0 Å². The van der Waals surface area contributed by atoms with Gasteiger partial charge in [0, 0.05) is 18.1 Å². The van der Waals surface area contributed by atoms with Gasteiger partial charge < -0.3 is 15.8 Å². The maximum Gasteiger partial charge on any atom is 0.0926 e. The molecule has 12 heavy (non-hydrogen) atoms. The quantitative estimate of drug-likeness (QED) is 0.571. The van der Waals surface area contributed by atoms with Crippen LogP contribution in [0.1, 0.15) is 11.4 Å². The molecule has 0 aromatic carbocycles. The SMILES string of the molecule is NCCSCc1[nH]cnc1CO. The number of nitrogens with two attached hydrogens (primary N) is 1. The van der Waals surface area contributed by atoms with E-state index in [-0.39, 0.29) is 6.61 Å². The number of nitrogens with one attached hydrogen (secondary N) is 1. The van der Waals surface area contributed by atoms with E-state index in [2.05, 4.69) is 9.97 Å². The van der Waals surface area contributed by atoms with Gasteiger partial charge in [-0.15, -0.1) is 0 Å². The van der Waals surface area contributed by atoms with Gasteiger partial charge in [0.15, 0.2) is 0 Å². The van der Waals surface area contributed by atoms with Crippen LogP contribution in [-0.4, -0.2) is 27.4 Å². The Morgan fingerprint density at radius 1 is 1.67 bits per heavy atom. The predicted octanol–water partition coefficient (Wildman–Crippen LogP) is 0.0939. The third-order valence-corrected chi connectivity index (χ3v) is 2.48. The van der Waals surface area contributed by atoms with E-state index in [1.54, 1.807) is 18.1 Å². The van der Waals surface area contributed by atoms with Crippen molar-refractivity contribution in [3.05, 3.63) is 17.7 Å². The molecule has 4 N–H and O–H groups in total. The molecule has 0 saturated heterocycles. The van der Waals surface area contributed by atoms with Crippen molar-refractivity contribution in [1.82, 2.24) is 9.97 Å². The fourth-order valence-electron chi connectivity index (χ4n) is 0.868. The fraction of sp³-hybridized carbons (Fsp3) is 0.571. The second kappa shape index (κ2) is 5.18. The number of rotatable bonds is 5. The monoisotopic (exact) mass is 187 g/mol. The van der Waals surface area contributed by atoms with E-state index in [0.29, 0.717) is 6.54 Å². The van der Waals surface area contributed by atoms with E-state index >= 15 is 0 Å². The van der Waals surface area contributed by atoms with Crippen molar-refractivity contribution in [2.75, 3.05) is 12.3 Å².